The molecule has 1 unspecified atom stereocenters. The first-order chi connectivity index (χ1) is 14.4. The lowest BCUT2D eigenvalue weighted by atomic mass is 10.1. The third-order valence-electron chi connectivity index (χ3n) is 4.62. The van der Waals surface area contributed by atoms with Crippen molar-refractivity contribution in [1.82, 2.24) is 15.1 Å². The van der Waals surface area contributed by atoms with E-state index in [2.05, 4.69) is 10.4 Å². The third-order valence-corrected chi connectivity index (χ3v) is 5.61. The molecule has 0 aliphatic carbocycles. The molecule has 0 fully saturated rings. The molecule has 0 saturated heterocycles. The molecule has 8 heteroatoms. The largest absolute Gasteiger partial charge is 0.469 e. The van der Waals surface area contributed by atoms with Crippen LogP contribution in [0.3, 0.4) is 0 Å². The van der Waals surface area contributed by atoms with Gasteiger partial charge in [-0.25, -0.2) is 9.07 Å². The number of esters is 1. The van der Waals surface area contributed by atoms with Gasteiger partial charge in [0.1, 0.15) is 5.82 Å². The summed E-state index contributed by atoms with van der Waals surface area (Å²) in [5.41, 5.74) is 3.10. The maximum Gasteiger partial charge on any atom is 0.307 e. The van der Waals surface area contributed by atoms with Crippen molar-refractivity contribution in [1.29, 1.82) is 0 Å². The number of nitrogens with one attached hydrogen (secondary N) is 1. The molecule has 0 bridgehead atoms. The van der Waals surface area contributed by atoms with Crippen molar-refractivity contribution in [3.8, 4) is 5.69 Å². The highest BCUT2D eigenvalue weighted by Crippen LogP contribution is 2.23. The minimum atomic E-state index is -0.460. The quantitative estimate of drug-likeness (QED) is 0.455. The van der Waals surface area contributed by atoms with Crippen molar-refractivity contribution < 1.29 is 18.7 Å². The lowest BCUT2D eigenvalue weighted by Gasteiger charge is -2.15. The Labute approximate surface area is 178 Å². The van der Waals surface area contributed by atoms with E-state index in [1.54, 1.807) is 22.9 Å². The standard InChI is InChI=1S/C22H22FN3O3S/c1-14-18(15(2)26(25-14)17-8-6-16(23)7-9-17)10-11-21(27)24-19(13-22(28)29-3)20-5-4-12-30-20/h4-12,19H,13H2,1-3H3,(H,24,27)/b11-10+. The number of aryl methyl sites for hydroxylation is 1. The van der Waals surface area contributed by atoms with Gasteiger partial charge in [0, 0.05) is 22.2 Å². The highest BCUT2D eigenvalue weighted by Gasteiger charge is 2.19. The van der Waals surface area contributed by atoms with Crippen LogP contribution in [-0.2, 0) is 14.3 Å². The summed E-state index contributed by atoms with van der Waals surface area (Å²) in [5.74, 6) is -1.04. The van der Waals surface area contributed by atoms with E-state index in [0.717, 1.165) is 27.5 Å². The Balaban J connectivity index is 1.77. The number of amides is 1. The van der Waals surface area contributed by atoms with Crippen LogP contribution in [0.1, 0.15) is 34.3 Å². The van der Waals surface area contributed by atoms with Crippen molar-refractivity contribution in [2.24, 2.45) is 0 Å². The Bertz CT molecular complexity index is 1060. The van der Waals surface area contributed by atoms with Gasteiger partial charge in [0.05, 0.1) is 31.0 Å². The third kappa shape index (κ3) is 5.01. The predicted octanol–water partition coefficient (Wildman–Crippen LogP) is 4.12. The van der Waals surface area contributed by atoms with Gasteiger partial charge in [-0.3, -0.25) is 9.59 Å². The van der Waals surface area contributed by atoms with Gasteiger partial charge in [-0.15, -0.1) is 11.3 Å². The van der Waals surface area contributed by atoms with E-state index in [9.17, 15) is 14.0 Å². The summed E-state index contributed by atoms with van der Waals surface area (Å²) in [6.07, 6.45) is 3.16. The van der Waals surface area contributed by atoms with Gasteiger partial charge >= 0.3 is 5.97 Å². The molecule has 0 radical (unpaired) electrons. The zero-order chi connectivity index (χ0) is 21.7. The second-order valence-corrected chi connectivity index (χ2v) is 7.64. The fourth-order valence-electron chi connectivity index (χ4n) is 3.07. The molecule has 2 heterocycles. The first kappa shape index (κ1) is 21.4. The van der Waals surface area contributed by atoms with Crippen LogP contribution in [0, 0.1) is 19.7 Å². The molecule has 0 saturated carbocycles. The molecule has 156 valence electrons. The van der Waals surface area contributed by atoms with E-state index in [-0.39, 0.29) is 18.1 Å². The smallest absolute Gasteiger partial charge is 0.307 e. The molecule has 0 aliphatic rings. The fraction of sp³-hybridized carbons (Fsp3) is 0.227. The van der Waals surface area contributed by atoms with Crippen LogP contribution in [0.5, 0.6) is 0 Å². The maximum absolute atomic E-state index is 13.2. The molecule has 1 atom stereocenters. The van der Waals surface area contributed by atoms with Crippen molar-refractivity contribution >= 4 is 29.3 Å². The molecule has 0 spiro atoms. The maximum atomic E-state index is 13.2. The Kier molecular flexibility index (Phi) is 6.79. The summed E-state index contributed by atoms with van der Waals surface area (Å²) in [6, 6.07) is 9.31. The number of nitrogens with zero attached hydrogens (tertiary/aromatic N) is 2. The van der Waals surface area contributed by atoms with E-state index in [1.807, 2.05) is 31.4 Å². The average molecular weight is 428 g/mol. The Morgan fingerprint density at radius 2 is 2.00 bits per heavy atom. The number of carbonyl (C=O) groups is 2. The van der Waals surface area contributed by atoms with Gasteiger partial charge in [0.15, 0.2) is 0 Å². The van der Waals surface area contributed by atoms with Gasteiger partial charge in [-0.05, 0) is 55.6 Å². The Morgan fingerprint density at radius 1 is 1.27 bits per heavy atom. The van der Waals surface area contributed by atoms with E-state index in [4.69, 9.17) is 4.74 Å². The van der Waals surface area contributed by atoms with Crippen LogP contribution < -0.4 is 5.32 Å². The zero-order valence-corrected chi connectivity index (χ0v) is 17.7. The number of methoxy groups -OCH3 is 1. The fourth-order valence-corrected chi connectivity index (χ4v) is 3.85. The average Bonchev–Trinajstić information content (AvgIpc) is 3.35. The Morgan fingerprint density at radius 3 is 2.63 bits per heavy atom. The zero-order valence-electron chi connectivity index (χ0n) is 16.9. The first-order valence-corrected chi connectivity index (χ1v) is 10.2. The summed E-state index contributed by atoms with van der Waals surface area (Å²) >= 11 is 1.46. The molecule has 1 aromatic carbocycles. The molecule has 30 heavy (non-hydrogen) atoms. The predicted molar refractivity (Wildman–Crippen MR) is 114 cm³/mol. The van der Waals surface area contributed by atoms with Crippen LogP contribution >= 0.6 is 11.3 Å². The minimum absolute atomic E-state index is 0.0527. The summed E-state index contributed by atoms with van der Waals surface area (Å²) < 4.78 is 19.6. The molecule has 0 aliphatic heterocycles. The second-order valence-electron chi connectivity index (χ2n) is 6.66. The van der Waals surface area contributed by atoms with Crippen molar-refractivity contribution in [2.45, 2.75) is 26.3 Å². The first-order valence-electron chi connectivity index (χ1n) is 9.30. The van der Waals surface area contributed by atoms with E-state index in [1.165, 1.54) is 36.7 Å². The number of hydrogen-bond donors (Lipinski definition) is 1. The van der Waals surface area contributed by atoms with Crippen molar-refractivity contribution in [2.75, 3.05) is 7.11 Å². The minimum Gasteiger partial charge on any atom is -0.469 e. The Hall–Kier alpha value is -3.26. The number of carbonyl (C=O) groups excluding carboxylic acids is 2. The summed E-state index contributed by atoms with van der Waals surface area (Å²) in [7, 11) is 1.32. The van der Waals surface area contributed by atoms with Gasteiger partial charge in [-0.1, -0.05) is 6.07 Å². The highest BCUT2D eigenvalue weighted by atomic mass is 32.1. The van der Waals surface area contributed by atoms with Crippen LogP contribution in [-0.4, -0.2) is 28.8 Å². The monoisotopic (exact) mass is 427 g/mol. The van der Waals surface area contributed by atoms with Gasteiger partial charge in [0.25, 0.3) is 0 Å². The molecule has 1 amide bonds. The number of halogens is 1. The molecule has 3 aromatic rings. The number of ether oxygens (including phenoxy) is 1. The van der Waals surface area contributed by atoms with E-state index >= 15 is 0 Å². The lowest BCUT2D eigenvalue weighted by Crippen LogP contribution is -2.28. The topological polar surface area (TPSA) is 73.2 Å². The highest BCUT2D eigenvalue weighted by molar-refractivity contribution is 7.10. The van der Waals surface area contributed by atoms with Gasteiger partial charge in [0.2, 0.25) is 5.91 Å². The molecule has 3 rings (SSSR count). The number of hydrogen-bond acceptors (Lipinski definition) is 5. The lowest BCUT2D eigenvalue weighted by molar-refractivity contribution is -0.141. The summed E-state index contributed by atoms with van der Waals surface area (Å²) in [6.45, 7) is 3.73. The second kappa shape index (κ2) is 9.49. The van der Waals surface area contributed by atoms with Crippen molar-refractivity contribution in [3.63, 3.8) is 0 Å². The summed E-state index contributed by atoms with van der Waals surface area (Å²) in [5, 5.41) is 9.23. The van der Waals surface area contributed by atoms with Crippen LogP contribution in [0.25, 0.3) is 11.8 Å². The van der Waals surface area contributed by atoms with Gasteiger partial charge in [-0.2, -0.15) is 5.10 Å². The SMILES string of the molecule is COC(=O)CC(NC(=O)/C=C/c1c(C)nn(-c2ccc(F)cc2)c1C)c1cccs1. The van der Waals surface area contributed by atoms with Crippen LogP contribution in [0.15, 0.2) is 47.9 Å². The molecule has 2 aromatic heterocycles. The molecule has 6 nitrogen and oxygen atoms in total. The van der Waals surface area contributed by atoms with Crippen molar-refractivity contribution in [3.05, 3.63) is 75.5 Å². The number of benzene rings is 1. The van der Waals surface area contributed by atoms with Crippen LogP contribution in [0.4, 0.5) is 4.39 Å². The molecular formula is C22H22FN3O3S. The number of aromatic nitrogens is 2. The van der Waals surface area contributed by atoms with Gasteiger partial charge < -0.3 is 10.1 Å². The molecular weight excluding hydrogens is 405 g/mol. The number of thiophene rings is 1. The van der Waals surface area contributed by atoms with E-state index in [0.29, 0.717) is 0 Å². The summed E-state index contributed by atoms with van der Waals surface area (Å²) in [4.78, 5) is 25.1. The van der Waals surface area contributed by atoms with Crippen LogP contribution in [0.2, 0.25) is 0 Å². The van der Waals surface area contributed by atoms with E-state index < -0.39 is 12.0 Å². The molecule has 1 N–H and O–H groups in total. The normalized spacial score (nSPS) is 12.1. The number of rotatable bonds is 7.